The van der Waals surface area contributed by atoms with Crippen LogP contribution in [-0.4, -0.2) is 23.9 Å². The molecule has 0 bridgehead atoms. The molecule has 0 atom stereocenters. The van der Waals surface area contributed by atoms with Gasteiger partial charge in [0.2, 0.25) is 0 Å². The number of rotatable bonds is 17. The summed E-state index contributed by atoms with van der Waals surface area (Å²) in [4.78, 5) is 45.7. The van der Waals surface area contributed by atoms with Gasteiger partial charge in [0.1, 0.15) is 0 Å². The summed E-state index contributed by atoms with van der Waals surface area (Å²) in [7, 11) is 0. The molecule has 0 radical (unpaired) electrons. The van der Waals surface area contributed by atoms with E-state index < -0.39 is 23.9 Å². The molecule has 2 rings (SSSR count). The lowest BCUT2D eigenvalue weighted by Gasteiger charge is -2.04. The first-order chi connectivity index (χ1) is 15.4. The molecule has 0 aromatic rings. The molecule has 2 heterocycles. The van der Waals surface area contributed by atoms with E-state index in [9.17, 15) is 19.2 Å². The van der Waals surface area contributed by atoms with Crippen LogP contribution < -0.4 is 0 Å². The minimum absolute atomic E-state index is 0.450. The monoisotopic (exact) mass is 446 g/mol. The van der Waals surface area contributed by atoms with Crippen LogP contribution in [0.25, 0.3) is 0 Å². The van der Waals surface area contributed by atoms with E-state index in [1.807, 2.05) is 0 Å². The van der Waals surface area contributed by atoms with Gasteiger partial charge in [-0.15, -0.1) is 0 Å². The Bertz CT molecular complexity index is 694. The molecule has 0 aromatic carbocycles. The lowest BCUT2D eigenvalue weighted by atomic mass is 10.0. The summed E-state index contributed by atoms with van der Waals surface area (Å²) in [6, 6.07) is 0. The molecule has 6 heteroatoms. The highest BCUT2D eigenvalue weighted by atomic mass is 16.6. The SMILES string of the molecule is CC1=C(CCCCCCCCCCCCCCCCC2=C(C)C(=O)OC2=O)C(=O)OC1=O. The summed E-state index contributed by atoms with van der Waals surface area (Å²) in [6.07, 6.45) is 17.9. The van der Waals surface area contributed by atoms with Crippen molar-refractivity contribution in [2.24, 2.45) is 0 Å². The highest BCUT2D eigenvalue weighted by molar-refractivity contribution is 6.12. The molecule has 2 aliphatic rings. The Morgan fingerprint density at radius 1 is 0.406 bits per heavy atom. The van der Waals surface area contributed by atoms with Gasteiger partial charge >= 0.3 is 23.9 Å². The van der Waals surface area contributed by atoms with Crippen molar-refractivity contribution in [3.05, 3.63) is 22.3 Å². The summed E-state index contributed by atoms with van der Waals surface area (Å²) < 4.78 is 9.22. The third kappa shape index (κ3) is 8.36. The molecule has 2 aliphatic heterocycles. The van der Waals surface area contributed by atoms with Gasteiger partial charge in [-0.1, -0.05) is 77.0 Å². The minimum Gasteiger partial charge on any atom is -0.386 e. The molecule has 0 aromatic heterocycles. The summed E-state index contributed by atoms with van der Waals surface area (Å²) in [5.41, 5.74) is 2.10. The Balaban J connectivity index is 1.32. The number of esters is 4. The molecule has 178 valence electrons. The van der Waals surface area contributed by atoms with Crippen LogP contribution in [0.5, 0.6) is 0 Å². The van der Waals surface area contributed by atoms with Crippen molar-refractivity contribution in [3.63, 3.8) is 0 Å². The molecule has 0 saturated carbocycles. The van der Waals surface area contributed by atoms with Gasteiger partial charge in [-0.2, -0.15) is 0 Å². The molecule has 0 amide bonds. The fourth-order valence-corrected chi connectivity index (χ4v) is 4.30. The van der Waals surface area contributed by atoms with Crippen molar-refractivity contribution in [1.29, 1.82) is 0 Å². The lowest BCUT2D eigenvalue weighted by molar-refractivity contribution is -0.152. The van der Waals surface area contributed by atoms with E-state index in [-0.39, 0.29) is 0 Å². The van der Waals surface area contributed by atoms with E-state index >= 15 is 0 Å². The highest BCUT2D eigenvalue weighted by Crippen LogP contribution is 2.24. The maximum atomic E-state index is 11.5. The van der Waals surface area contributed by atoms with E-state index in [0.717, 1.165) is 25.7 Å². The second-order valence-electron chi connectivity index (χ2n) is 9.01. The van der Waals surface area contributed by atoms with Gasteiger partial charge in [-0.05, 0) is 39.5 Å². The number of ether oxygens (including phenoxy) is 2. The molecule has 0 saturated heterocycles. The van der Waals surface area contributed by atoms with E-state index in [1.54, 1.807) is 13.8 Å². The van der Waals surface area contributed by atoms with Gasteiger partial charge in [-0.3, -0.25) is 0 Å². The van der Waals surface area contributed by atoms with Gasteiger partial charge in [0.05, 0.1) is 0 Å². The number of hydrogen-bond donors (Lipinski definition) is 0. The van der Waals surface area contributed by atoms with Crippen molar-refractivity contribution in [2.75, 3.05) is 0 Å². The molecular formula is C26H38O6. The Hall–Kier alpha value is -2.24. The number of hydrogen-bond acceptors (Lipinski definition) is 6. The van der Waals surface area contributed by atoms with Crippen molar-refractivity contribution in [2.45, 2.75) is 117 Å². The van der Waals surface area contributed by atoms with E-state index in [0.29, 0.717) is 35.1 Å². The fraction of sp³-hybridized carbons (Fsp3) is 0.692. The summed E-state index contributed by atoms with van der Waals surface area (Å²) >= 11 is 0. The summed E-state index contributed by atoms with van der Waals surface area (Å²) in [6.45, 7) is 3.34. The fourth-order valence-electron chi connectivity index (χ4n) is 4.30. The van der Waals surface area contributed by atoms with Gasteiger partial charge in [0, 0.05) is 22.3 Å². The van der Waals surface area contributed by atoms with E-state index in [1.165, 1.54) is 64.2 Å². The maximum absolute atomic E-state index is 11.5. The van der Waals surface area contributed by atoms with Crippen LogP contribution in [0, 0.1) is 0 Å². The first kappa shape index (κ1) is 26.0. The predicted octanol–water partition coefficient (Wildman–Crippen LogP) is 6.03. The zero-order valence-electron chi connectivity index (χ0n) is 19.8. The normalized spacial score (nSPS) is 16.4. The second-order valence-corrected chi connectivity index (χ2v) is 9.01. The summed E-state index contributed by atoms with van der Waals surface area (Å²) in [5, 5.41) is 0. The van der Waals surface area contributed by atoms with Crippen molar-refractivity contribution < 1.29 is 28.7 Å². The highest BCUT2D eigenvalue weighted by Gasteiger charge is 2.29. The Morgan fingerprint density at radius 2 is 0.656 bits per heavy atom. The number of carbonyl (C=O) groups excluding carboxylic acids is 4. The smallest absolute Gasteiger partial charge is 0.342 e. The molecular weight excluding hydrogens is 408 g/mol. The average Bonchev–Trinajstić information content (AvgIpc) is 3.15. The van der Waals surface area contributed by atoms with Gasteiger partial charge in [-0.25, -0.2) is 19.2 Å². The van der Waals surface area contributed by atoms with Crippen LogP contribution >= 0.6 is 0 Å². The average molecular weight is 447 g/mol. The molecule has 32 heavy (non-hydrogen) atoms. The first-order valence-corrected chi connectivity index (χ1v) is 12.3. The van der Waals surface area contributed by atoms with Crippen LogP contribution in [0.1, 0.15) is 117 Å². The van der Waals surface area contributed by atoms with Gasteiger partial charge < -0.3 is 9.47 Å². The van der Waals surface area contributed by atoms with Crippen LogP contribution in [0.4, 0.5) is 0 Å². The Morgan fingerprint density at radius 3 is 0.875 bits per heavy atom. The standard InChI is InChI=1S/C26H38O6/c1-19-21(25(29)31-23(19)27)17-15-13-11-9-7-5-3-4-6-8-10-12-14-16-18-22-20(2)24(28)32-26(22)30/h3-18H2,1-2H3. The number of unbranched alkanes of at least 4 members (excludes halogenated alkanes) is 13. The first-order valence-electron chi connectivity index (χ1n) is 12.3. The minimum atomic E-state index is -0.482. The van der Waals surface area contributed by atoms with Crippen molar-refractivity contribution in [3.8, 4) is 0 Å². The predicted molar refractivity (Wildman–Crippen MR) is 121 cm³/mol. The second kappa shape index (κ2) is 14.0. The van der Waals surface area contributed by atoms with Crippen LogP contribution in [0.15, 0.2) is 22.3 Å². The van der Waals surface area contributed by atoms with Crippen molar-refractivity contribution in [1.82, 2.24) is 0 Å². The molecule has 0 N–H and O–H groups in total. The lowest BCUT2D eigenvalue weighted by Crippen LogP contribution is -2.02. The zero-order valence-corrected chi connectivity index (χ0v) is 19.8. The van der Waals surface area contributed by atoms with Crippen LogP contribution in [0.3, 0.4) is 0 Å². The van der Waals surface area contributed by atoms with Crippen molar-refractivity contribution >= 4 is 23.9 Å². The van der Waals surface area contributed by atoms with Gasteiger partial charge in [0.15, 0.2) is 0 Å². The maximum Gasteiger partial charge on any atom is 0.342 e. The van der Waals surface area contributed by atoms with Crippen LogP contribution in [0.2, 0.25) is 0 Å². The largest absolute Gasteiger partial charge is 0.386 e. The quantitative estimate of drug-likeness (QED) is 0.154. The molecule has 0 unspecified atom stereocenters. The molecule has 0 aliphatic carbocycles. The molecule has 0 spiro atoms. The zero-order chi connectivity index (χ0) is 23.3. The van der Waals surface area contributed by atoms with E-state index in [4.69, 9.17) is 0 Å². The molecule has 0 fully saturated rings. The number of cyclic esters (lactones) is 4. The molecule has 6 nitrogen and oxygen atoms in total. The number of carbonyl (C=O) groups is 4. The Kier molecular flexibility index (Phi) is 11.4. The summed E-state index contributed by atoms with van der Waals surface area (Å²) in [5.74, 6) is -1.87. The third-order valence-electron chi connectivity index (χ3n) is 6.48. The topological polar surface area (TPSA) is 86.7 Å². The van der Waals surface area contributed by atoms with Crippen LogP contribution in [-0.2, 0) is 28.7 Å². The van der Waals surface area contributed by atoms with E-state index in [2.05, 4.69) is 9.47 Å². The third-order valence-corrected chi connectivity index (χ3v) is 6.48. The Labute approximate surface area is 191 Å². The van der Waals surface area contributed by atoms with Gasteiger partial charge in [0.25, 0.3) is 0 Å².